The smallest absolute Gasteiger partial charge is 0.332 e. The second-order valence-corrected chi connectivity index (χ2v) is 5.24. The third-order valence-corrected chi connectivity index (χ3v) is 3.41. The van der Waals surface area contributed by atoms with Crippen molar-refractivity contribution in [1.29, 1.82) is 0 Å². The summed E-state index contributed by atoms with van der Waals surface area (Å²) in [5.41, 5.74) is 0. The van der Waals surface area contributed by atoms with E-state index in [9.17, 15) is 9.90 Å². The van der Waals surface area contributed by atoms with Crippen molar-refractivity contribution < 1.29 is 59.4 Å². The van der Waals surface area contributed by atoms with Crippen LogP contribution in [0.3, 0.4) is 0 Å². The molecule has 2 unspecified atom stereocenters. The molecule has 2 aliphatic heterocycles. The van der Waals surface area contributed by atoms with Gasteiger partial charge in [0.2, 0.25) is 0 Å². The van der Waals surface area contributed by atoms with Crippen molar-refractivity contribution in [3.8, 4) is 0 Å². The lowest BCUT2D eigenvalue weighted by molar-refractivity contribution is -0.528. The quantitative estimate of drug-likeness (QED) is 0.200. The molecule has 2 rings (SSSR count). The van der Waals surface area contributed by atoms with Gasteiger partial charge in [0.25, 0.3) is 0 Å². The first-order valence-corrected chi connectivity index (χ1v) is 7.20. The Morgan fingerprint density at radius 1 is 1.08 bits per heavy atom. The molecule has 2 heterocycles. The molecule has 0 amide bonds. The van der Waals surface area contributed by atoms with E-state index in [0.29, 0.717) is 0 Å². The van der Waals surface area contributed by atoms with Crippen LogP contribution in [0.1, 0.15) is 0 Å². The molecule has 146 valence electrons. The lowest BCUT2D eigenvalue weighted by Gasteiger charge is -2.19. The molecule has 2 saturated heterocycles. The van der Waals surface area contributed by atoms with Crippen molar-refractivity contribution >= 4 is 5.97 Å². The minimum atomic E-state index is -1.18. The number of aliphatic hydroxyl groups is 1. The number of ether oxygens (including phenoxy) is 4. The molecule has 5 N–H and O–H groups in total. The van der Waals surface area contributed by atoms with E-state index < -0.39 is 60.5 Å². The predicted molar refractivity (Wildman–Crippen MR) is 67.8 cm³/mol. The number of fused-ring (bicyclic) bond motifs is 1. The molecule has 2 fully saturated rings. The van der Waals surface area contributed by atoms with Crippen LogP contribution in [0.4, 0.5) is 0 Å². The Morgan fingerprint density at radius 3 is 2.48 bits per heavy atom. The zero-order valence-corrected chi connectivity index (χ0v) is 12.9. The molecule has 14 nitrogen and oxygen atoms in total. The van der Waals surface area contributed by atoms with Gasteiger partial charge >= 0.3 is 5.97 Å². The minimum absolute atomic E-state index is 0.0878. The summed E-state index contributed by atoms with van der Waals surface area (Å²) in [4.78, 5) is 20.4. The van der Waals surface area contributed by atoms with Gasteiger partial charge < -0.3 is 24.1 Å². The summed E-state index contributed by atoms with van der Waals surface area (Å²) in [5.74, 6) is -0.741. The van der Waals surface area contributed by atoms with Crippen molar-refractivity contribution in [2.75, 3.05) is 33.0 Å². The average molecular weight is 372 g/mol. The van der Waals surface area contributed by atoms with E-state index in [4.69, 9.17) is 39.8 Å². The first-order valence-electron chi connectivity index (χ1n) is 7.20. The Hall–Kier alpha value is -1.01. The van der Waals surface area contributed by atoms with Crippen LogP contribution in [0.5, 0.6) is 0 Å². The lowest BCUT2D eigenvalue weighted by atomic mass is 10.1. The van der Waals surface area contributed by atoms with Gasteiger partial charge in [-0.25, -0.2) is 14.5 Å². The zero-order chi connectivity index (χ0) is 18.4. The molecule has 0 aromatic rings. The molecular weight excluding hydrogens is 352 g/mol. The largest absolute Gasteiger partial charge is 0.455 e. The van der Waals surface area contributed by atoms with E-state index in [-0.39, 0.29) is 19.8 Å². The molecule has 0 spiro atoms. The van der Waals surface area contributed by atoms with Gasteiger partial charge in [-0.2, -0.15) is 0 Å². The lowest BCUT2D eigenvalue weighted by Crippen LogP contribution is -2.36. The Balaban J connectivity index is 1.68. The highest BCUT2D eigenvalue weighted by Gasteiger charge is 2.48. The van der Waals surface area contributed by atoms with Crippen LogP contribution >= 0.6 is 0 Å². The molecule has 0 aliphatic carbocycles. The van der Waals surface area contributed by atoms with E-state index in [0.717, 1.165) is 0 Å². The number of carbonyl (C=O) groups is 1. The van der Waals surface area contributed by atoms with Crippen LogP contribution in [0.25, 0.3) is 0 Å². The van der Waals surface area contributed by atoms with E-state index in [2.05, 4.69) is 9.68 Å². The second-order valence-electron chi connectivity index (χ2n) is 5.24. The highest BCUT2D eigenvalue weighted by molar-refractivity contribution is 5.71. The summed E-state index contributed by atoms with van der Waals surface area (Å²) in [5, 5.41) is 42.4. The topological polar surface area (TPSA) is 180 Å². The van der Waals surface area contributed by atoms with Crippen LogP contribution in [0, 0.1) is 0 Å². The third-order valence-electron chi connectivity index (χ3n) is 3.41. The maximum absolute atomic E-state index is 11.7. The molecule has 14 heteroatoms. The fourth-order valence-electron chi connectivity index (χ4n) is 2.41. The Labute approximate surface area is 140 Å². The molecule has 0 aromatic carbocycles. The van der Waals surface area contributed by atoms with Gasteiger partial charge in [0.1, 0.15) is 37.6 Å². The Morgan fingerprint density at radius 2 is 1.80 bits per heavy atom. The van der Waals surface area contributed by atoms with E-state index in [1.165, 1.54) is 0 Å². The van der Waals surface area contributed by atoms with Crippen LogP contribution < -0.4 is 0 Å². The van der Waals surface area contributed by atoms with E-state index in [1.54, 1.807) is 0 Å². The highest BCUT2D eigenvalue weighted by atomic mass is 17.1. The summed E-state index contributed by atoms with van der Waals surface area (Å²) in [7, 11) is 0. The van der Waals surface area contributed by atoms with Crippen LogP contribution in [0.2, 0.25) is 0 Å². The van der Waals surface area contributed by atoms with E-state index in [1.807, 2.05) is 0 Å². The molecular formula is C11H20N2O12. The zero-order valence-electron chi connectivity index (χ0n) is 12.9. The molecule has 0 bridgehead atoms. The molecule has 0 saturated carbocycles. The predicted octanol–water partition coefficient (Wildman–Crippen LogP) is -2.53. The van der Waals surface area contributed by atoms with Crippen molar-refractivity contribution in [1.82, 2.24) is 10.8 Å². The molecule has 25 heavy (non-hydrogen) atoms. The average Bonchev–Trinajstić information content (AvgIpc) is 3.08. The van der Waals surface area contributed by atoms with Gasteiger partial charge in [-0.3, -0.25) is 20.8 Å². The van der Waals surface area contributed by atoms with Gasteiger partial charge in [0, 0.05) is 0 Å². The van der Waals surface area contributed by atoms with Gasteiger partial charge in [0.15, 0.2) is 6.10 Å². The molecule has 2 aliphatic rings. The number of nitrogens with zero attached hydrogens (tertiary/aromatic N) is 2. The van der Waals surface area contributed by atoms with Crippen LogP contribution in [0.15, 0.2) is 0 Å². The first kappa shape index (κ1) is 20.3. The van der Waals surface area contributed by atoms with Gasteiger partial charge in [0.05, 0.1) is 30.6 Å². The molecule has 0 aromatic heterocycles. The van der Waals surface area contributed by atoms with Gasteiger partial charge in [-0.1, -0.05) is 0 Å². The second kappa shape index (κ2) is 9.62. The van der Waals surface area contributed by atoms with Gasteiger partial charge in [-0.05, 0) is 0 Å². The number of carbonyl (C=O) groups excluding carboxylic acids is 1. The minimum Gasteiger partial charge on any atom is -0.455 e. The van der Waals surface area contributed by atoms with Gasteiger partial charge in [-0.15, -0.1) is 0 Å². The summed E-state index contributed by atoms with van der Waals surface area (Å²) >= 11 is 0. The van der Waals surface area contributed by atoms with Crippen molar-refractivity contribution in [2.24, 2.45) is 0 Å². The number of hydrogen-bond acceptors (Lipinski definition) is 14. The van der Waals surface area contributed by atoms with Crippen LogP contribution in [-0.2, 0) is 33.4 Å². The van der Waals surface area contributed by atoms with Crippen molar-refractivity contribution in [2.45, 2.75) is 30.5 Å². The van der Waals surface area contributed by atoms with E-state index >= 15 is 0 Å². The summed E-state index contributed by atoms with van der Waals surface area (Å²) < 4.78 is 20.7. The van der Waals surface area contributed by atoms with Crippen LogP contribution in [-0.4, -0.2) is 106 Å². The summed E-state index contributed by atoms with van der Waals surface area (Å²) in [6, 6.07) is 0. The van der Waals surface area contributed by atoms with Crippen molar-refractivity contribution in [3.63, 3.8) is 0 Å². The Kier molecular flexibility index (Phi) is 7.81. The van der Waals surface area contributed by atoms with Crippen molar-refractivity contribution in [3.05, 3.63) is 0 Å². The summed E-state index contributed by atoms with van der Waals surface area (Å²) in [6.07, 6.45) is -3.69. The fraction of sp³-hybridized carbons (Fsp3) is 0.909. The Bertz CT molecular complexity index is 424. The molecule has 5 atom stereocenters. The maximum atomic E-state index is 11.7. The third kappa shape index (κ3) is 6.33. The standard InChI is InChI=1S/C11H20N2O12/c14-7-3-21-11-8(4-22-10(7)11)24-9(15)5-20-1-6(25-13(18)19)2-23-12(16)17/h6-8,10-11,14,16-19H,1-5H2/t6?,7-,8-,10?,11-/m1/s1. The molecule has 0 radical (unpaired) electrons. The highest BCUT2D eigenvalue weighted by Crippen LogP contribution is 2.28. The SMILES string of the molecule is O=C(COCC(CON(O)O)ON(O)O)O[C@@H]1COC2[C@H](O)CO[C@@H]21. The number of aliphatic hydroxyl groups excluding tert-OH is 1. The summed E-state index contributed by atoms with van der Waals surface area (Å²) in [6.45, 7) is -1.22. The first-order chi connectivity index (χ1) is 11.9. The monoisotopic (exact) mass is 372 g/mol. The number of hydrogen-bond donors (Lipinski definition) is 5. The fourth-order valence-corrected chi connectivity index (χ4v) is 2.41. The number of rotatable bonds is 10. The maximum Gasteiger partial charge on any atom is 0.332 e. The number of esters is 1. The normalized spacial score (nSPS) is 30.0.